The molecule has 6 heteroatoms. The highest BCUT2D eigenvalue weighted by Gasteiger charge is 2.18. The van der Waals surface area contributed by atoms with E-state index in [0.717, 1.165) is 23.8 Å². The molecule has 0 spiro atoms. The van der Waals surface area contributed by atoms with Crippen LogP contribution in [-0.2, 0) is 16.0 Å². The van der Waals surface area contributed by atoms with Gasteiger partial charge in [0.25, 0.3) is 0 Å². The molecule has 2 aromatic rings. The predicted molar refractivity (Wildman–Crippen MR) is 92.8 cm³/mol. The van der Waals surface area contributed by atoms with Crippen LogP contribution >= 0.6 is 11.6 Å². The molecule has 0 aliphatic carbocycles. The van der Waals surface area contributed by atoms with Gasteiger partial charge in [-0.1, -0.05) is 24.9 Å². The van der Waals surface area contributed by atoms with Crippen LogP contribution in [0.3, 0.4) is 0 Å². The van der Waals surface area contributed by atoms with Crippen molar-refractivity contribution in [2.75, 3.05) is 6.61 Å². The summed E-state index contributed by atoms with van der Waals surface area (Å²) in [4.78, 5) is 23.4. The van der Waals surface area contributed by atoms with Crippen LogP contribution in [0.1, 0.15) is 39.7 Å². The van der Waals surface area contributed by atoms with E-state index in [0.29, 0.717) is 10.6 Å². The van der Waals surface area contributed by atoms with Crippen LogP contribution in [0.15, 0.2) is 27.4 Å². The van der Waals surface area contributed by atoms with Gasteiger partial charge in [-0.15, -0.1) is 0 Å². The fraction of sp³-hybridized carbons (Fsp3) is 0.444. The lowest BCUT2D eigenvalue weighted by molar-refractivity contribution is -0.157. The van der Waals surface area contributed by atoms with Gasteiger partial charge in [0.1, 0.15) is 16.9 Å². The molecule has 1 aromatic carbocycles. The molecule has 0 atom stereocenters. The van der Waals surface area contributed by atoms with Gasteiger partial charge in [0, 0.05) is 17.5 Å². The maximum atomic E-state index is 11.7. The van der Waals surface area contributed by atoms with Crippen LogP contribution in [0.25, 0.3) is 11.0 Å². The highest BCUT2D eigenvalue weighted by molar-refractivity contribution is 6.32. The molecule has 5 nitrogen and oxygen atoms in total. The number of ether oxygens (including phenoxy) is 2. The molecule has 2 rings (SSSR count). The number of aryl methyl sites for hydroxylation is 1. The van der Waals surface area contributed by atoms with Gasteiger partial charge < -0.3 is 13.9 Å². The van der Waals surface area contributed by atoms with Gasteiger partial charge in [-0.05, 0) is 38.8 Å². The number of carbonyl (C=O) groups is 1. The van der Waals surface area contributed by atoms with Gasteiger partial charge in [0.05, 0.1) is 5.02 Å². The first-order valence-electron chi connectivity index (χ1n) is 7.80. The van der Waals surface area contributed by atoms with E-state index in [1.165, 1.54) is 12.1 Å². The molecule has 130 valence electrons. The summed E-state index contributed by atoms with van der Waals surface area (Å²) < 4.78 is 15.8. The maximum Gasteiger partial charge on any atom is 0.344 e. The average Bonchev–Trinajstić information content (AvgIpc) is 2.44. The zero-order chi connectivity index (χ0) is 17.9. The largest absolute Gasteiger partial charge is 0.480 e. The second-order valence-corrected chi connectivity index (χ2v) is 6.90. The third-order valence-electron chi connectivity index (χ3n) is 3.17. The Morgan fingerprint density at radius 2 is 1.96 bits per heavy atom. The minimum atomic E-state index is -0.588. The molecule has 0 saturated carbocycles. The van der Waals surface area contributed by atoms with Gasteiger partial charge in [-0.2, -0.15) is 0 Å². The van der Waals surface area contributed by atoms with Crippen molar-refractivity contribution in [1.82, 2.24) is 0 Å². The first-order valence-corrected chi connectivity index (χ1v) is 8.18. The van der Waals surface area contributed by atoms with E-state index < -0.39 is 17.2 Å². The summed E-state index contributed by atoms with van der Waals surface area (Å²) in [6, 6.07) is 4.70. The number of esters is 1. The molecule has 1 heterocycles. The van der Waals surface area contributed by atoms with Crippen molar-refractivity contribution in [3.8, 4) is 5.75 Å². The van der Waals surface area contributed by atoms with E-state index in [1.54, 1.807) is 26.8 Å². The van der Waals surface area contributed by atoms with Crippen LogP contribution in [0, 0.1) is 0 Å². The second kappa shape index (κ2) is 7.26. The highest BCUT2D eigenvalue weighted by atomic mass is 35.5. The Balaban J connectivity index is 2.27. The molecular weight excluding hydrogens is 332 g/mol. The Kier molecular flexibility index (Phi) is 5.54. The normalized spacial score (nSPS) is 11.5. The molecule has 0 fully saturated rings. The predicted octanol–water partition coefficient (Wildman–Crippen LogP) is 4.12. The number of rotatable bonds is 5. The van der Waals surface area contributed by atoms with Crippen molar-refractivity contribution in [3.05, 3.63) is 39.2 Å². The van der Waals surface area contributed by atoms with Crippen molar-refractivity contribution < 1.29 is 18.7 Å². The summed E-state index contributed by atoms with van der Waals surface area (Å²) in [6.07, 6.45) is 1.64. The number of fused-ring (bicyclic) bond motifs is 1. The minimum absolute atomic E-state index is 0.270. The number of hydrogen-bond donors (Lipinski definition) is 0. The molecule has 0 aliphatic heterocycles. The Morgan fingerprint density at radius 3 is 2.58 bits per heavy atom. The molecule has 0 unspecified atom stereocenters. The van der Waals surface area contributed by atoms with Crippen molar-refractivity contribution in [1.29, 1.82) is 0 Å². The van der Waals surface area contributed by atoms with Gasteiger partial charge in [-0.25, -0.2) is 9.59 Å². The topological polar surface area (TPSA) is 65.7 Å². The number of hydrogen-bond acceptors (Lipinski definition) is 5. The SMILES string of the molecule is CCCc1cc(=O)oc2cc(OCC(=O)OC(C)(C)C)c(Cl)cc12. The first-order chi connectivity index (χ1) is 11.2. The van der Waals surface area contributed by atoms with Gasteiger partial charge in [0.2, 0.25) is 0 Å². The van der Waals surface area contributed by atoms with Crippen molar-refractivity contribution in [3.63, 3.8) is 0 Å². The molecule has 0 bridgehead atoms. The molecule has 0 radical (unpaired) electrons. The molecule has 0 N–H and O–H groups in total. The van der Waals surface area contributed by atoms with Crippen LogP contribution in [0.4, 0.5) is 0 Å². The zero-order valence-electron chi connectivity index (χ0n) is 14.3. The summed E-state index contributed by atoms with van der Waals surface area (Å²) >= 11 is 6.23. The van der Waals surface area contributed by atoms with Gasteiger partial charge in [-0.3, -0.25) is 0 Å². The lowest BCUT2D eigenvalue weighted by Crippen LogP contribution is -2.27. The molecule has 24 heavy (non-hydrogen) atoms. The van der Waals surface area contributed by atoms with Crippen LogP contribution < -0.4 is 10.4 Å². The van der Waals surface area contributed by atoms with Gasteiger partial charge in [0.15, 0.2) is 6.61 Å². The number of carbonyl (C=O) groups excluding carboxylic acids is 1. The second-order valence-electron chi connectivity index (χ2n) is 6.49. The lowest BCUT2D eigenvalue weighted by Gasteiger charge is -2.19. The summed E-state index contributed by atoms with van der Waals surface area (Å²) in [5, 5.41) is 1.11. The van der Waals surface area contributed by atoms with E-state index in [4.69, 9.17) is 25.5 Å². The highest BCUT2D eigenvalue weighted by Crippen LogP contribution is 2.31. The minimum Gasteiger partial charge on any atom is -0.480 e. The lowest BCUT2D eigenvalue weighted by atomic mass is 10.1. The Hall–Kier alpha value is -2.01. The maximum absolute atomic E-state index is 11.7. The third kappa shape index (κ3) is 4.74. The average molecular weight is 353 g/mol. The number of benzene rings is 1. The van der Waals surface area contributed by atoms with Crippen molar-refractivity contribution in [2.24, 2.45) is 0 Å². The van der Waals surface area contributed by atoms with E-state index in [2.05, 4.69) is 0 Å². The fourth-order valence-electron chi connectivity index (χ4n) is 2.32. The smallest absolute Gasteiger partial charge is 0.344 e. The number of halogens is 1. The van der Waals surface area contributed by atoms with E-state index in [9.17, 15) is 9.59 Å². The van der Waals surface area contributed by atoms with E-state index in [-0.39, 0.29) is 12.4 Å². The van der Waals surface area contributed by atoms with Gasteiger partial charge >= 0.3 is 11.6 Å². The molecule has 0 amide bonds. The fourth-order valence-corrected chi connectivity index (χ4v) is 2.54. The van der Waals surface area contributed by atoms with Crippen molar-refractivity contribution in [2.45, 2.75) is 46.1 Å². The van der Waals surface area contributed by atoms with E-state index >= 15 is 0 Å². The van der Waals surface area contributed by atoms with Crippen LogP contribution in [0.2, 0.25) is 5.02 Å². The molecule has 0 saturated heterocycles. The Labute approximate surface area is 145 Å². The molecule has 1 aromatic heterocycles. The Morgan fingerprint density at radius 1 is 1.25 bits per heavy atom. The van der Waals surface area contributed by atoms with Crippen LogP contribution in [0.5, 0.6) is 5.75 Å². The summed E-state index contributed by atoms with van der Waals surface area (Å²) in [6.45, 7) is 7.08. The quantitative estimate of drug-likeness (QED) is 0.598. The van der Waals surface area contributed by atoms with Crippen LogP contribution in [-0.4, -0.2) is 18.2 Å². The summed E-state index contributed by atoms with van der Waals surface area (Å²) in [5.74, 6) is -0.230. The van der Waals surface area contributed by atoms with E-state index in [1.807, 2.05) is 6.92 Å². The third-order valence-corrected chi connectivity index (χ3v) is 3.46. The Bertz CT molecular complexity index is 801. The molecular formula is C18H21ClO5. The first kappa shape index (κ1) is 18.3. The summed E-state index contributed by atoms with van der Waals surface area (Å²) in [5.41, 5.74) is 0.250. The standard InChI is InChI=1S/C18H21ClO5/c1-5-6-11-7-16(20)23-14-9-15(13(19)8-12(11)14)22-10-17(21)24-18(2,3)4/h7-9H,5-6,10H2,1-4H3. The zero-order valence-corrected chi connectivity index (χ0v) is 15.0. The summed E-state index contributed by atoms with van der Waals surface area (Å²) in [7, 11) is 0. The monoisotopic (exact) mass is 352 g/mol. The van der Waals surface area contributed by atoms with Crippen molar-refractivity contribution >= 4 is 28.5 Å². The molecule has 0 aliphatic rings.